The van der Waals surface area contributed by atoms with E-state index in [0.717, 1.165) is 32.1 Å². The SMILES string of the molecule is CCCCCCCCCCCCCCCCCCCCCCCCCCCC/C=C/C(O)C(COP(=O)(O)OCC[N+](C)(C)C)NC(=O)CCCCCCCCCCCCCCCCCCCCCCCCCCCCCC. The van der Waals surface area contributed by atoms with E-state index in [0.29, 0.717) is 17.4 Å². The summed E-state index contributed by atoms with van der Waals surface area (Å²) in [5, 5.41) is 14.0. The summed E-state index contributed by atoms with van der Waals surface area (Å²) >= 11 is 0. The van der Waals surface area contributed by atoms with Crippen LogP contribution in [0.2, 0.25) is 0 Å². The zero-order valence-electron chi connectivity index (χ0n) is 53.5. The Morgan fingerprint density at radius 3 is 0.949 bits per heavy atom. The summed E-state index contributed by atoms with van der Waals surface area (Å²) in [6.07, 6.45) is 77.9. The van der Waals surface area contributed by atoms with Gasteiger partial charge in [-0.25, -0.2) is 4.57 Å². The second-order valence-corrected chi connectivity index (χ2v) is 27.1. The van der Waals surface area contributed by atoms with Crippen LogP contribution in [0.4, 0.5) is 0 Å². The van der Waals surface area contributed by atoms with Crippen LogP contribution in [0.5, 0.6) is 0 Å². The van der Waals surface area contributed by atoms with Gasteiger partial charge in [0.25, 0.3) is 0 Å². The Labute approximate surface area is 488 Å². The summed E-state index contributed by atoms with van der Waals surface area (Å²) in [4.78, 5) is 23.4. The highest BCUT2D eigenvalue weighted by Crippen LogP contribution is 2.43. The maximum Gasteiger partial charge on any atom is 0.472 e. The molecular formula is C69H140N2O6P+. The normalized spacial score (nSPS) is 13.7. The van der Waals surface area contributed by atoms with E-state index >= 15 is 0 Å². The van der Waals surface area contributed by atoms with Crippen molar-refractivity contribution in [2.75, 3.05) is 40.9 Å². The summed E-state index contributed by atoms with van der Waals surface area (Å²) in [7, 11) is 1.60. The van der Waals surface area contributed by atoms with E-state index in [4.69, 9.17) is 9.05 Å². The van der Waals surface area contributed by atoms with Gasteiger partial charge in [0.2, 0.25) is 5.91 Å². The summed E-state index contributed by atoms with van der Waals surface area (Å²) in [5.74, 6) is -0.167. The third-order valence-corrected chi connectivity index (χ3v) is 17.5. The molecule has 0 bridgehead atoms. The van der Waals surface area contributed by atoms with E-state index in [9.17, 15) is 19.4 Å². The lowest BCUT2D eigenvalue weighted by Gasteiger charge is -2.25. The van der Waals surface area contributed by atoms with E-state index in [1.165, 1.54) is 321 Å². The Balaban J connectivity index is 4.03. The molecule has 78 heavy (non-hydrogen) atoms. The van der Waals surface area contributed by atoms with Crippen LogP contribution < -0.4 is 5.32 Å². The fourth-order valence-corrected chi connectivity index (χ4v) is 11.8. The predicted octanol–water partition coefficient (Wildman–Crippen LogP) is 22.1. The van der Waals surface area contributed by atoms with Crippen molar-refractivity contribution in [2.45, 2.75) is 386 Å². The van der Waals surface area contributed by atoms with Crippen LogP contribution in [0.1, 0.15) is 373 Å². The Kier molecular flexibility index (Phi) is 60.2. The fraction of sp³-hybridized carbons (Fsp3) is 0.957. The second kappa shape index (κ2) is 60.8. The number of quaternary nitrogens is 1. The number of phosphoric acid groups is 1. The number of phosphoric ester groups is 1. The van der Waals surface area contributed by atoms with Crippen LogP contribution in [0.25, 0.3) is 0 Å². The number of aliphatic hydroxyl groups is 1. The van der Waals surface area contributed by atoms with Gasteiger partial charge in [0, 0.05) is 6.42 Å². The first-order valence-corrected chi connectivity index (χ1v) is 36.6. The minimum atomic E-state index is -4.35. The molecule has 1 amide bonds. The number of unbranched alkanes of at least 4 members (excludes halogenated alkanes) is 53. The predicted molar refractivity (Wildman–Crippen MR) is 342 cm³/mol. The van der Waals surface area contributed by atoms with Gasteiger partial charge in [0.15, 0.2) is 0 Å². The van der Waals surface area contributed by atoms with Crippen molar-refractivity contribution in [3.8, 4) is 0 Å². The van der Waals surface area contributed by atoms with Crippen molar-refractivity contribution < 1.29 is 32.9 Å². The third-order valence-electron chi connectivity index (χ3n) is 16.5. The van der Waals surface area contributed by atoms with Crippen molar-refractivity contribution in [3.05, 3.63) is 12.2 Å². The lowest BCUT2D eigenvalue weighted by molar-refractivity contribution is -0.870. The van der Waals surface area contributed by atoms with E-state index < -0.39 is 20.0 Å². The molecule has 0 fully saturated rings. The maximum atomic E-state index is 13.0. The zero-order chi connectivity index (χ0) is 57.0. The van der Waals surface area contributed by atoms with Crippen LogP contribution in [-0.4, -0.2) is 73.4 Å². The van der Waals surface area contributed by atoms with Gasteiger partial charge in [0.1, 0.15) is 13.2 Å². The number of rotatable bonds is 66. The molecular weight excluding hydrogens is 984 g/mol. The Morgan fingerprint density at radius 1 is 0.423 bits per heavy atom. The monoisotopic (exact) mass is 1120 g/mol. The molecule has 0 saturated carbocycles. The number of nitrogens with zero attached hydrogens (tertiary/aromatic N) is 1. The number of aliphatic hydroxyl groups excluding tert-OH is 1. The van der Waals surface area contributed by atoms with Gasteiger partial charge in [-0.05, 0) is 19.3 Å². The van der Waals surface area contributed by atoms with Crippen LogP contribution >= 0.6 is 7.82 Å². The number of likely N-dealkylation sites (N-methyl/N-ethyl adjacent to an activating group) is 1. The first-order valence-electron chi connectivity index (χ1n) is 35.1. The topological polar surface area (TPSA) is 105 Å². The van der Waals surface area contributed by atoms with Crippen LogP contribution in [0.15, 0.2) is 12.2 Å². The number of hydrogen-bond acceptors (Lipinski definition) is 5. The second-order valence-electron chi connectivity index (χ2n) is 25.6. The smallest absolute Gasteiger partial charge is 0.387 e. The lowest BCUT2D eigenvalue weighted by atomic mass is 10.0. The standard InChI is InChI=1S/C69H139N2O6P/c1-6-8-10-12-14-16-18-20-22-24-26-28-30-32-34-36-38-40-42-44-46-48-50-52-54-56-58-60-62-68(72)67(66-77-78(74,75)76-65-64-71(3,4)5)70-69(73)63-61-59-57-55-53-51-49-47-45-43-41-39-37-35-33-31-29-27-25-23-21-19-17-15-13-11-9-7-2/h60,62,67-68,72H,6-59,61,63-66H2,1-5H3,(H-,70,73,74,75)/p+1/b62-60+. The van der Waals surface area contributed by atoms with Crippen LogP contribution in [0.3, 0.4) is 0 Å². The van der Waals surface area contributed by atoms with Gasteiger partial charge < -0.3 is 19.8 Å². The average Bonchev–Trinajstić information content (AvgIpc) is 3.41. The highest BCUT2D eigenvalue weighted by Gasteiger charge is 2.28. The number of nitrogens with one attached hydrogen (secondary N) is 1. The average molecular weight is 1120 g/mol. The van der Waals surface area contributed by atoms with Gasteiger partial charge >= 0.3 is 7.82 Å². The number of allylic oxidation sites excluding steroid dienone is 1. The molecule has 3 unspecified atom stereocenters. The molecule has 466 valence electrons. The van der Waals surface area contributed by atoms with Gasteiger partial charge in [-0.3, -0.25) is 13.8 Å². The Morgan fingerprint density at radius 2 is 0.679 bits per heavy atom. The number of amides is 1. The van der Waals surface area contributed by atoms with E-state index in [1.807, 2.05) is 27.2 Å². The minimum absolute atomic E-state index is 0.0655. The van der Waals surface area contributed by atoms with Crippen molar-refractivity contribution in [3.63, 3.8) is 0 Å². The summed E-state index contributed by atoms with van der Waals surface area (Å²) < 4.78 is 23.8. The molecule has 3 N–H and O–H groups in total. The van der Waals surface area contributed by atoms with E-state index in [-0.39, 0.29) is 19.1 Å². The molecule has 0 aliphatic rings. The Hall–Kier alpha value is -0.760. The third kappa shape index (κ3) is 62.8. The van der Waals surface area contributed by atoms with Gasteiger partial charge in [-0.2, -0.15) is 0 Å². The molecule has 0 heterocycles. The lowest BCUT2D eigenvalue weighted by Crippen LogP contribution is -2.45. The molecule has 0 radical (unpaired) electrons. The largest absolute Gasteiger partial charge is 0.472 e. The van der Waals surface area contributed by atoms with Gasteiger partial charge in [0.05, 0.1) is 39.9 Å². The molecule has 0 aromatic carbocycles. The molecule has 8 nitrogen and oxygen atoms in total. The molecule has 0 aliphatic heterocycles. The first-order chi connectivity index (χ1) is 38.0. The Bertz CT molecular complexity index is 1280. The molecule has 0 aromatic heterocycles. The van der Waals surface area contributed by atoms with Crippen LogP contribution in [-0.2, 0) is 18.4 Å². The van der Waals surface area contributed by atoms with Crippen molar-refractivity contribution >= 4 is 13.7 Å². The van der Waals surface area contributed by atoms with Crippen LogP contribution in [0, 0.1) is 0 Å². The van der Waals surface area contributed by atoms with Gasteiger partial charge in [-0.1, -0.05) is 360 Å². The van der Waals surface area contributed by atoms with E-state index in [2.05, 4.69) is 19.2 Å². The van der Waals surface area contributed by atoms with Crippen molar-refractivity contribution in [1.82, 2.24) is 5.32 Å². The summed E-state index contributed by atoms with van der Waals surface area (Å²) in [5.41, 5.74) is 0. The highest BCUT2D eigenvalue weighted by atomic mass is 31.2. The number of hydrogen-bond donors (Lipinski definition) is 3. The van der Waals surface area contributed by atoms with Gasteiger partial charge in [-0.15, -0.1) is 0 Å². The molecule has 0 saturated heterocycles. The number of carbonyl (C=O) groups excluding carboxylic acids is 1. The molecule has 0 aromatic rings. The van der Waals surface area contributed by atoms with Crippen molar-refractivity contribution in [1.29, 1.82) is 0 Å². The summed E-state index contributed by atoms with van der Waals surface area (Å²) in [6.45, 7) is 4.89. The quantitative estimate of drug-likeness (QED) is 0.0243. The fourth-order valence-electron chi connectivity index (χ4n) is 11.0. The molecule has 9 heteroatoms. The maximum absolute atomic E-state index is 13.0. The van der Waals surface area contributed by atoms with E-state index in [1.54, 1.807) is 6.08 Å². The molecule has 3 atom stereocenters. The summed E-state index contributed by atoms with van der Waals surface area (Å²) in [6, 6.07) is -0.844. The van der Waals surface area contributed by atoms with Crippen molar-refractivity contribution in [2.24, 2.45) is 0 Å². The number of carbonyl (C=O) groups is 1. The zero-order valence-corrected chi connectivity index (χ0v) is 54.3. The molecule has 0 rings (SSSR count). The highest BCUT2D eigenvalue weighted by molar-refractivity contribution is 7.47. The molecule has 0 spiro atoms. The first kappa shape index (κ1) is 77.2. The minimum Gasteiger partial charge on any atom is -0.387 e. The molecule has 0 aliphatic carbocycles.